The molecule has 0 bridgehead atoms. The maximum absolute atomic E-state index is 9.91. The fraction of sp³-hybridized carbons (Fsp3) is 0.667. The Hall–Kier alpha value is -0.280. The van der Waals surface area contributed by atoms with Gasteiger partial charge in [0.25, 0.3) is 0 Å². The summed E-state index contributed by atoms with van der Waals surface area (Å²) in [5, 5.41) is 0. The van der Waals surface area contributed by atoms with Gasteiger partial charge in [-0.05, 0) is 49.1 Å². The van der Waals surface area contributed by atoms with Crippen molar-refractivity contribution in [1.82, 2.24) is 0 Å². The average molecular weight is 386 g/mol. The van der Waals surface area contributed by atoms with E-state index in [1.165, 1.54) is 62.5 Å². The molecule has 1 aromatic rings. The molecule has 0 amide bonds. The Morgan fingerprint density at radius 2 is 1.40 bits per heavy atom. The first-order valence-electron chi connectivity index (χ1n) is 9.31. The molecule has 7 heteroatoms. The highest BCUT2D eigenvalue weighted by molar-refractivity contribution is 7.54. The van der Waals surface area contributed by atoms with Crippen LogP contribution in [-0.4, -0.2) is 14.7 Å². The summed E-state index contributed by atoms with van der Waals surface area (Å²) in [6, 6.07) is 6.08. The normalized spacial score (nSPS) is 21.4. The van der Waals surface area contributed by atoms with Gasteiger partial charge in [-0.15, -0.1) is 0 Å². The van der Waals surface area contributed by atoms with E-state index < -0.39 is 17.2 Å². The highest BCUT2D eigenvalue weighted by Gasteiger charge is 2.28. The quantitative estimate of drug-likeness (QED) is 0.554. The van der Waals surface area contributed by atoms with Gasteiger partial charge in [0, 0.05) is 5.56 Å². The Bertz CT molecular complexity index is 542. The topological polar surface area (TPSA) is 79.2 Å². The van der Waals surface area contributed by atoms with Gasteiger partial charge in [0.05, 0.1) is 0 Å². The van der Waals surface area contributed by atoms with Crippen molar-refractivity contribution in [2.24, 2.45) is 0 Å². The third-order valence-corrected chi connectivity index (χ3v) is 6.97. The van der Waals surface area contributed by atoms with Crippen molar-refractivity contribution in [3.8, 4) is 5.75 Å². The SMILES string of the molecule is OP(O)OP(O)Oc1cccc(C2CCCCC2)c1C1CCCCC1. The van der Waals surface area contributed by atoms with Crippen LogP contribution < -0.4 is 4.52 Å². The molecule has 2 fully saturated rings. The lowest BCUT2D eigenvalue weighted by Crippen LogP contribution is -2.13. The van der Waals surface area contributed by atoms with E-state index in [0.29, 0.717) is 17.6 Å². The standard InChI is InChI=1S/C18H28O5P2/c19-24(20)23-25(21)22-17-13-7-12-16(14-8-3-1-4-9-14)18(17)15-10-5-2-6-11-15/h7,12-15,19-21H,1-6,8-11H2. The van der Waals surface area contributed by atoms with Gasteiger partial charge in [-0.25, -0.2) is 4.31 Å². The van der Waals surface area contributed by atoms with E-state index in [4.69, 9.17) is 14.3 Å². The Morgan fingerprint density at radius 1 is 0.800 bits per heavy atom. The Labute approximate surface area is 152 Å². The Balaban J connectivity index is 1.89. The van der Waals surface area contributed by atoms with Gasteiger partial charge >= 0.3 is 17.2 Å². The van der Waals surface area contributed by atoms with Crippen molar-refractivity contribution in [2.45, 2.75) is 76.0 Å². The number of benzene rings is 1. The highest BCUT2D eigenvalue weighted by atomic mass is 31.2. The predicted octanol–water partition coefficient (Wildman–Crippen LogP) is 5.61. The molecular weight excluding hydrogens is 358 g/mol. The van der Waals surface area contributed by atoms with E-state index in [1.54, 1.807) is 0 Å². The maximum atomic E-state index is 9.91. The second kappa shape index (κ2) is 9.60. The molecule has 5 nitrogen and oxygen atoms in total. The summed E-state index contributed by atoms with van der Waals surface area (Å²) < 4.78 is 10.3. The van der Waals surface area contributed by atoms with E-state index >= 15 is 0 Å². The molecule has 0 spiro atoms. The van der Waals surface area contributed by atoms with Gasteiger partial charge in [0.2, 0.25) is 0 Å². The summed E-state index contributed by atoms with van der Waals surface area (Å²) >= 11 is 0. The minimum atomic E-state index is -2.63. The van der Waals surface area contributed by atoms with Crippen LogP contribution in [0.2, 0.25) is 0 Å². The summed E-state index contributed by atoms with van der Waals surface area (Å²) in [6.07, 6.45) is 12.3. The lowest BCUT2D eigenvalue weighted by molar-refractivity contribution is 0.325. The molecule has 3 rings (SSSR count). The first-order chi connectivity index (χ1) is 12.1. The summed E-state index contributed by atoms with van der Waals surface area (Å²) in [7, 11) is -4.96. The van der Waals surface area contributed by atoms with Crippen molar-refractivity contribution >= 4 is 17.2 Å². The fourth-order valence-electron chi connectivity index (χ4n) is 4.40. The smallest absolute Gasteiger partial charge is 0.401 e. The molecule has 0 radical (unpaired) electrons. The van der Waals surface area contributed by atoms with Crippen molar-refractivity contribution in [2.75, 3.05) is 0 Å². The maximum Gasteiger partial charge on any atom is 0.401 e. The lowest BCUT2D eigenvalue weighted by atomic mass is 9.75. The van der Waals surface area contributed by atoms with Crippen LogP contribution >= 0.6 is 17.2 Å². The third kappa shape index (κ3) is 5.35. The van der Waals surface area contributed by atoms with Crippen LogP contribution in [0.1, 0.15) is 87.2 Å². The predicted molar refractivity (Wildman–Crippen MR) is 100 cm³/mol. The largest absolute Gasteiger partial charge is 0.426 e. The van der Waals surface area contributed by atoms with Gasteiger partial charge in [0.15, 0.2) is 0 Å². The number of hydrogen-bond donors (Lipinski definition) is 3. The first-order valence-corrected chi connectivity index (χ1v) is 11.6. The van der Waals surface area contributed by atoms with Crippen molar-refractivity contribution < 1.29 is 23.5 Å². The summed E-state index contributed by atoms with van der Waals surface area (Å²) in [4.78, 5) is 27.8. The van der Waals surface area contributed by atoms with E-state index in [1.807, 2.05) is 12.1 Å². The van der Waals surface area contributed by atoms with Crippen LogP contribution in [0.4, 0.5) is 0 Å². The summed E-state index contributed by atoms with van der Waals surface area (Å²) in [5.41, 5.74) is 2.59. The third-order valence-electron chi connectivity index (χ3n) is 5.48. The highest BCUT2D eigenvalue weighted by Crippen LogP contribution is 2.51. The zero-order valence-electron chi connectivity index (χ0n) is 14.5. The Morgan fingerprint density at radius 3 is 2.00 bits per heavy atom. The molecule has 2 aliphatic carbocycles. The van der Waals surface area contributed by atoms with Gasteiger partial charge < -0.3 is 19.2 Å². The molecule has 0 saturated heterocycles. The van der Waals surface area contributed by atoms with E-state index in [-0.39, 0.29) is 0 Å². The molecule has 3 N–H and O–H groups in total. The Kier molecular flexibility index (Phi) is 7.48. The molecule has 2 saturated carbocycles. The van der Waals surface area contributed by atoms with Crippen LogP contribution in [0.5, 0.6) is 5.75 Å². The van der Waals surface area contributed by atoms with Crippen LogP contribution in [-0.2, 0) is 4.31 Å². The molecule has 2 aliphatic rings. The van der Waals surface area contributed by atoms with Crippen LogP contribution in [0.25, 0.3) is 0 Å². The molecular formula is C18H28O5P2. The molecule has 140 valence electrons. The fourth-order valence-corrected chi connectivity index (χ4v) is 5.36. The number of rotatable bonds is 6. The minimum Gasteiger partial charge on any atom is -0.426 e. The molecule has 0 aliphatic heterocycles. The van der Waals surface area contributed by atoms with E-state index in [2.05, 4.69) is 10.4 Å². The summed E-state index contributed by atoms with van der Waals surface area (Å²) in [6.45, 7) is 0. The van der Waals surface area contributed by atoms with Crippen LogP contribution in [0.15, 0.2) is 18.2 Å². The number of hydrogen-bond acceptors (Lipinski definition) is 5. The first kappa shape index (κ1) is 19.5. The van der Waals surface area contributed by atoms with Crippen molar-refractivity contribution in [3.63, 3.8) is 0 Å². The van der Waals surface area contributed by atoms with E-state index in [9.17, 15) is 4.89 Å². The molecule has 0 heterocycles. The second-order valence-electron chi connectivity index (χ2n) is 7.09. The molecule has 1 aromatic carbocycles. The second-order valence-corrected chi connectivity index (χ2v) is 8.91. The average Bonchev–Trinajstić information content (AvgIpc) is 2.62. The molecule has 25 heavy (non-hydrogen) atoms. The molecule has 1 unspecified atom stereocenters. The minimum absolute atomic E-state index is 0.454. The molecule has 0 aromatic heterocycles. The monoisotopic (exact) mass is 386 g/mol. The van der Waals surface area contributed by atoms with Crippen LogP contribution in [0.3, 0.4) is 0 Å². The van der Waals surface area contributed by atoms with Gasteiger partial charge in [0.1, 0.15) is 5.75 Å². The van der Waals surface area contributed by atoms with Crippen molar-refractivity contribution in [3.05, 3.63) is 29.3 Å². The van der Waals surface area contributed by atoms with Gasteiger partial charge in [-0.1, -0.05) is 50.7 Å². The molecule has 1 atom stereocenters. The lowest BCUT2D eigenvalue weighted by Gasteiger charge is -2.31. The van der Waals surface area contributed by atoms with Gasteiger partial charge in [-0.3, -0.25) is 0 Å². The zero-order valence-corrected chi connectivity index (χ0v) is 16.3. The summed E-state index contributed by atoms with van der Waals surface area (Å²) in [5.74, 6) is 1.67. The zero-order chi connectivity index (χ0) is 17.6. The van der Waals surface area contributed by atoms with Gasteiger partial charge in [-0.2, -0.15) is 0 Å². The van der Waals surface area contributed by atoms with Crippen molar-refractivity contribution in [1.29, 1.82) is 0 Å². The van der Waals surface area contributed by atoms with Crippen LogP contribution in [0, 0.1) is 0 Å². The van der Waals surface area contributed by atoms with E-state index in [0.717, 1.165) is 12.8 Å².